The van der Waals surface area contributed by atoms with E-state index in [0.29, 0.717) is 22.3 Å². The molecule has 110 valence electrons. The number of pyridine rings is 1. The molecule has 0 aliphatic carbocycles. The molecule has 3 aromatic rings. The summed E-state index contributed by atoms with van der Waals surface area (Å²) < 4.78 is 5.20. The monoisotopic (exact) mass is 293 g/mol. The zero-order chi connectivity index (χ0) is 15.7. The van der Waals surface area contributed by atoms with Crippen LogP contribution in [-0.4, -0.2) is 23.2 Å². The number of hydrogen-bond acceptors (Lipinski definition) is 3. The summed E-state index contributed by atoms with van der Waals surface area (Å²) in [6.07, 6.45) is 0. The first-order valence-corrected chi connectivity index (χ1v) is 6.87. The Morgan fingerprint density at radius 2 is 1.82 bits per heavy atom. The number of carboxylic acid groups (broad SMARTS) is 1. The van der Waals surface area contributed by atoms with Crippen LogP contribution in [0.4, 0.5) is 0 Å². The van der Waals surface area contributed by atoms with Gasteiger partial charge >= 0.3 is 5.97 Å². The maximum Gasteiger partial charge on any atom is 0.336 e. The summed E-state index contributed by atoms with van der Waals surface area (Å²) >= 11 is 0. The molecule has 0 fully saturated rings. The van der Waals surface area contributed by atoms with Gasteiger partial charge in [-0.1, -0.05) is 29.8 Å². The molecule has 0 saturated carbocycles. The number of benzene rings is 2. The van der Waals surface area contributed by atoms with E-state index in [2.05, 4.69) is 4.98 Å². The van der Waals surface area contributed by atoms with Crippen molar-refractivity contribution in [3.63, 3.8) is 0 Å². The molecule has 0 aliphatic rings. The van der Waals surface area contributed by atoms with E-state index in [0.717, 1.165) is 11.1 Å². The Labute approximate surface area is 128 Å². The lowest BCUT2D eigenvalue weighted by atomic mass is 10.0. The van der Waals surface area contributed by atoms with Crippen molar-refractivity contribution in [3.8, 4) is 17.0 Å². The van der Waals surface area contributed by atoms with E-state index in [1.807, 2.05) is 31.2 Å². The minimum Gasteiger partial charge on any atom is -0.497 e. The molecule has 0 amide bonds. The lowest BCUT2D eigenvalue weighted by Gasteiger charge is -2.09. The minimum absolute atomic E-state index is 0.239. The van der Waals surface area contributed by atoms with E-state index in [1.165, 1.54) is 0 Å². The van der Waals surface area contributed by atoms with Crippen molar-refractivity contribution < 1.29 is 14.6 Å². The van der Waals surface area contributed by atoms with Crippen LogP contribution in [0.5, 0.6) is 5.75 Å². The second-order valence-electron chi connectivity index (χ2n) is 5.11. The van der Waals surface area contributed by atoms with Gasteiger partial charge in [0.05, 0.1) is 23.9 Å². The molecule has 0 atom stereocenters. The van der Waals surface area contributed by atoms with Gasteiger partial charge in [0.2, 0.25) is 0 Å². The molecule has 0 spiro atoms. The van der Waals surface area contributed by atoms with Gasteiger partial charge in [0.25, 0.3) is 0 Å². The van der Waals surface area contributed by atoms with Crippen molar-refractivity contribution in [1.82, 2.24) is 4.98 Å². The van der Waals surface area contributed by atoms with Crippen molar-refractivity contribution in [1.29, 1.82) is 0 Å². The summed E-state index contributed by atoms with van der Waals surface area (Å²) in [5, 5.41) is 10.1. The highest BCUT2D eigenvalue weighted by atomic mass is 16.5. The fraction of sp³-hybridized carbons (Fsp3) is 0.111. The highest BCUT2D eigenvalue weighted by molar-refractivity contribution is 6.04. The average Bonchev–Trinajstić information content (AvgIpc) is 2.53. The van der Waals surface area contributed by atoms with Crippen LogP contribution in [0.15, 0.2) is 48.5 Å². The first kappa shape index (κ1) is 14.1. The lowest BCUT2D eigenvalue weighted by Crippen LogP contribution is -2.00. The number of aromatic nitrogens is 1. The standard InChI is InChI=1S/C18H15NO3/c1-11-3-5-12(6-4-11)16-10-15(18(20)21)14-8-7-13(22-2)9-17(14)19-16/h3-10H,1-2H3,(H,20,21). The Kier molecular flexibility index (Phi) is 3.51. The molecular weight excluding hydrogens is 278 g/mol. The maximum absolute atomic E-state index is 11.5. The fourth-order valence-electron chi connectivity index (χ4n) is 2.38. The molecule has 2 aromatic carbocycles. The van der Waals surface area contributed by atoms with Crippen LogP contribution in [0, 0.1) is 6.92 Å². The number of methoxy groups -OCH3 is 1. The van der Waals surface area contributed by atoms with E-state index < -0.39 is 5.97 Å². The third kappa shape index (κ3) is 2.51. The zero-order valence-corrected chi connectivity index (χ0v) is 12.3. The average molecular weight is 293 g/mol. The Balaban J connectivity index is 2.26. The summed E-state index contributed by atoms with van der Waals surface area (Å²) in [6, 6.07) is 14.7. The highest BCUT2D eigenvalue weighted by Gasteiger charge is 2.13. The van der Waals surface area contributed by atoms with Crippen molar-refractivity contribution in [2.45, 2.75) is 6.92 Å². The molecule has 22 heavy (non-hydrogen) atoms. The smallest absolute Gasteiger partial charge is 0.336 e. The maximum atomic E-state index is 11.5. The van der Waals surface area contributed by atoms with Gasteiger partial charge in [-0.3, -0.25) is 0 Å². The Morgan fingerprint density at radius 3 is 2.45 bits per heavy atom. The molecule has 0 bridgehead atoms. The van der Waals surface area contributed by atoms with Crippen LogP contribution >= 0.6 is 0 Å². The Hall–Kier alpha value is -2.88. The second kappa shape index (κ2) is 5.48. The fourth-order valence-corrected chi connectivity index (χ4v) is 2.38. The van der Waals surface area contributed by atoms with Gasteiger partial charge in [0, 0.05) is 17.0 Å². The van der Waals surface area contributed by atoms with Crippen LogP contribution in [-0.2, 0) is 0 Å². The van der Waals surface area contributed by atoms with E-state index in [1.54, 1.807) is 31.4 Å². The normalized spacial score (nSPS) is 10.6. The van der Waals surface area contributed by atoms with Gasteiger partial charge < -0.3 is 9.84 Å². The SMILES string of the molecule is COc1ccc2c(C(=O)O)cc(-c3ccc(C)cc3)nc2c1. The molecule has 4 heteroatoms. The molecule has 0 radical (unpaired) electrons. The topological polar surface area (TPSA) is 59.4 Å². The van der Waals surface area contributed by atoms with Crippen molar-refractivity contribution in [3.05, 3.63) is 59.7 Å². The van der Waals surface area contributed by atoms with Gasteiger partial charge in [-0.2, -0.15) is 0 Å². The van der Waals surface area contributed by atoms with Gasteiger partial charge in [-0.05, 0) is 25.1 Å². The van der Waals surface area contributed by atoms with Gasteiger partial charge in [-0.25, -0.2) is 9.78 Å². The number of rotatable bonds is 3. The number of ether oxygens (including phenoxy) is 1. The molecule has 0 unspecified atom stereocenters. The van der Waals surface area contributed by atoms with Crippen LogP contribution in [0.1, 0.15) is 15.9 Å². The summed E-state index contributed by atoms with van der Waals surface area (Å²) in [5.74, 6) is -0.316. The Bertz CT molecular complexity index is 854. The third-order valence-electron chi connectivity index (χ3n) is 3.59. The zero-order valence-electron chi connectivity index (χ0n) is 12.3. The summed E-state index contributed by atoms with van der Waals surface area (Å²) in [7, 11) is 1.57. The van der Waals surface area contributed by atoms with E-state index in [-0.39, 0.29) is 5.56 Å². The van der Waals surface area contributed by atoms with Gasteiger partial charge in [-0.15, -0.1) is 0 Å². The van der Waals surface area contributed by atoms with Gasteiger partial charge in [0.1, 0.15) is 5.75 Å². The van der Waals surface area contributed by atoms with Crippen molar-refractivity contribution >= 4 is 16.9 Å². The molecule has 1 N–H and O–H groups in total. The first-order chi connectivity index (χ1) is 10.6. The number of aryl methyl sites for hydroxylation is 1. The molecular formula is C18H15NO3. The third-order valence-corrected chi connectivity index (χ3v) is 3.59. The van der Waals surface area contributed by atoms with Crippen LogP contribution in [0.3, 0.4) is 0 Å². The molecule has 1 aromatic heterocycles. The first-order valence-electron chi connectivity index (χ1n) is 6.87. The number of hydrogen-bond donors (Lipinski definition) is 1. The van der Waals surface area contributed by atoms with Crippen LogP contribution in [0.2, 0.25) is 0 Å². The largest absolute Gasteiger partial charge is 0.497 e. The molecule has 1 heterocycles. The van der Waals surface area contributed by atoms with Crippen LogP contribution < -0.4 is 4.74 Å². The predicted molar refractivity (Wildman–Crippen MR) is 85.4 cm³/mol. The predicted octanol–water partition coefficient (Wildman–Crippen LogP) is 3.92. The number of fused-ring (bicyclic) bond motifs is 1. The van der Waals surface area contributed by atoms with E-state index in [9.17, 15) is 9.90 Å². The summed E-state index contributed by atoms with van der Waals surface area (Å²) in [5.41, 5.74) is 3.51. The lowest BCUT2D eigenvalue weighted by molar-refractivity contribution is 0.0699. The quantitative estimate of drug-likeness (QED) is 0.795. The van der Waals surface area contributed by atoms with Crippen molar-refractivity contribution in [2.24, 2.45) is 0 Å². The molecule has 3 rings (SSSR count). The van der Waals surface area contributed by atoms with E-state index in [4.69, 9.17) is 4.74 Å². The summed E-state index contributed by atoms with van der Waals surface area (Å²) in [4.78, 5) is 16.1. The van der Waals surface area contributed by atoms with Gasteiger partial charge in [0.15, 0.2) is 0 Å². The van der Waals surface area contributed by atoms with Crippen molar-refractivity contribution in [2.75, 3.05) is 7.11 Å². The minimum atomic E-state index is -0.967. The van der Waals surface area contributed by atoms with Crippen LogP contribution in [0.25, 0.3) is 22.2 Å². The second-order valence-corrected chi connectivity index (χ2v) is 5.11. The highest BCUT2D eigenvalue weighted by Crippen LogP contribution is 2.27. The Morgan fingerprint density at radius 1 is 1.09 bits per heavy atom. The number of nitrogens with zero attached hydrogens (tertiary/aromatic N) is 1. The number of aromatic carboxylic acids is 1. The summed E-state index contributed by atoms with van der Waals surface area (Å²) in [6.45, 7) is 2.01. The number of carboxylic acids is 1. The molecule has 0 saturated heterocycles. The van der Waals surface area contributed by atoms with E-state index >= 15 is 0 Å². The number of carbonyl (C=O) groups is 1. The molecule has 0 aliphatic heterocycles. The molecule has 4 nitrogen and oxygen atoms in total.